The number of carbonyl (C=O) groups excluding carboxylic acids is 1. The third-order valence-corrected chi connectivity index (χ3v) is 3.48. The number of aliphatic hydroxyl groups excluding tert-OH is 1. The van der Waals surface area contributed by atoms with E-state index in [9.17, 15) is 24.8 Å². The smallest absolute Gasteiger partial charge is 0.326 e. The van der Waals surface area contributed by atoms with Gasteiger partial charge >= 0.3 is 5.97 Å². The van der Waals surface area contributed by atoms with Crippen LogP contribution in [-0.4, -0.2) is 50.6 Å². The van der Waals surface area contributed by atoms with Crippen molar-refractivity contribution in [2.24, 2.45) is 0 Å². The van der Waals surface area contributed by atoms with Gasteiger partial charge in [-0.2, -0.15) is 0 Å². The number of hydrogen-bond donors (Lipinski definition) is 2. The van der Waals surface area contributed by atoms with Crippen LogP contribution in [0.1, 0.15) is 22.3 Å². The van der Waals surface area contributed by atoms with Crippen LogP contribution in [0.2, 0.25) is 0 Å². The summed E-state index contributed by atoms with van der Waals surface area (Å²) in [7, 11) is 0. The van der Waals surface area contributed by atoms with E-state index in [0.29, 0.717) is 5.56 Å². The summed E-state index contributed by atoms with van der Waals surface area (Å²) in [6, 6.07) is 2.68. The van der Waals surface area contributed by atoms with Gasteiger partial charge in [-0.1, -0.05) is 0 Å². The number of aryl methyl sites for hydroxylation is 1. The number of carbonyl (C=O) groups is 2. The van der Waals surface area contributed by atoms with Crippen molar-refractivity contribution in [1.29, 1.82) is 0 Å². The van der Waals surface area contributed by atoms with Gasteiger partial charge in [0.2, 0.25) is 0 Å². The maximum Gasteiger partial charge on any atom is 0.326 e. The van der Waals surface area contributed by atoms with Crippen molar-refractivity contribution in [1.82, 2.24) is 4.90 Å². The van der Waals surface area contributed by atoms with Gasteiger partial charge in [0.15, 0.2) is 0 Å². The van der Waals surface area contributed by atoms with Gasteiger partial charge in [0.05, 0.1) is 11.0 Å². The molecule has 1 aromatic carbocycles. The first-order valence-electron chi connectivity index (χ1n) is 6.28. The van der Waals surface area contributed by atoms with Gasteiger partial charge in [-0.05, 0) is 18.6 Å². The Bertz CT molecular complexity index is 615. The monoisotopic (exact) mass is 294 g/mol. The third kappa shape index (κ3) is 2.84. The molecule has 1 saturated heterocycles. The number of aliphatic carboxylic acids is 1. The molecule has 0 aliphatic carbocycles. The molecule has 112 valence electrons. The lowest BCUT2D eigenvalue weighted by Gasteiger charge is -2.21. The highest BCUT2D eigenvalue weighted by atomic mass is 16.6. The van der Waals surface area contributed by atoms with Crippen molar-refractivity contribution in [3.05, 3.63) is 39.4 Å². The van der Waals surface area contributed by atoms with Crippen molar-refractivity contribution in [3.8, 4) is 0 Å². The fourth-order valence-corrected chi connectivity index (χ4v) is 2.43. The topological polar surface area (TPSA) is 121 Å². The number of nitro benzene ring substituents is 1. The largest absolute Gasteiger partial charge is 0.480 e. The Morgan fingerprint density at radius 3 is 2.62 bits per heavy atom. The second-order valence-corrected chi connectivity index (χ2v) is 4.96. The number of nitro groups is 1. The first-order valence-corrected chi connectivity index (χ1v) is 6.28. The number of hydrogen-bond acceptors (Lipinski definition) is 5. The molecule has 1 heterocycles. The average molecular weight is 294 g/mol. The second-order valence-electron chi connectivity index (χ2n) is 4.96. The molecule has 8 heteroatoms. The van der Waals surface area contributed by atoms with E-state index in [2.05, 4.69) is 0 Å². The molecule has 0 unspecified atom stereocenters. The van der Waals surface area contributed by atoms with Crippen LogP contribution in [0.3, 0.4) is 0 Å². The summed E-state index contributed by atoms with van der Waals surface area (Å²) < 4.78 is 0. The molecule has 2 atom stereocenters. The Hall–Kier alpha value is -2.48. The lowest BCUT2D eigenvalue weighted by Crippen LogP contribution is -2.40. The van der Waals surface area contributed by atoms with Crippen molar-refractivity contribution in [3.63, 3.8) is 0 Å². The average Bonchev–Trinajstić information content (AvgIpc) is 2.80. The van der Waals surface area contributed by atoms with Crippen LogP contribution in [0.15, 0.2) is 18.2 Å². The number of amides is 1. The van der Waals surface area contributed by atoms with Gasteiger partial charge in [-0.25, -0.2) is 4.79 Å². The highest BCUT2D eigenvalue weighted by Crippen LogP contribution is 2.24. The van der Waals surface area contributed by atoms with E-state index in [1.54, 1.807) is 6.92 Å². The molecule has 1 aliphatic heterocycles. The summed E-state index contributed by atoms with van der Waals surface area (Å²) >= 11 is 0. The van der Waals surface area contributed by atoms with E-state index >= 15 is 0 Å². The molecule has 0 radical (unpaired) electrons. The van der Waals surface area contributed by atoms with Crippen molar-refractivity contribution in [2.45, 2.75) is 25.5 Å². The molecule has 0 aromatic heterocycles. The molecule has 0 saturated carbocycles. The first-order chi connectivity index (χ1) is 9.81. The zero-order valence-electron chi connectivity index (χ0n) is 11.2. The normalized spacial score (nSPS) is 21.3. The Morgan fingerprint density at radius 1 is 1.43 bits per heavy atom. The van der Waals surface area contributed by atoms with Crippen molar-refractivity contribution >= 4 is 17.6 Å². The van der Waals surface area contributed by atoms with Crippen LogP contribution in [0.4, 0.5) is 5.69 Å². The van der Waals surface area contributed by atoms with Gasteiger partial charge in [-0.15, -0.1) is 0 Å². The predicted molar refractivity (Wildman–Crippen MR) is 70.9 cm³/mol. The SMILES string of the molecule is Cc1cc([N+](=O)[O-])ccc1C(=O)N1C[C@H](O)C[C@@H]1C(=O)O. The Labute approximate surface area is 119 Å². The number of non-ortho nitro benzene ring substituents is 1. The standard InChI is InChI=1S/C13H14N2O6/c1-7-4-8(15(20)21)2-3-10(7)12(17)14-6-9(16)5-11(14)13(18)19/h2-4,9,11,16H,5-6H2,1H3,(H,18,19)/t9-,11-/m1/s1. The van der Waals surface area contributed by atoms with E-state index in [-0.39, 0.29) is 24.2 Å². The van der Waals surface area contributed by atoms with Crippen LogP contribution in [0.5, 0.6) is 0 Å². The van der Waals surface area contributed by atoms with Crippen molar-refractivity contribution < 1.29 is 24.7 Å². The summed E-state index contributed by atoms with van der Waals surface area (Å²) in [6.07, 6.45) is -0.902. The zero-order valence-corrected chi connectivity index (χ0v) is 11.2. The fourth-order valence-electron chi connectivity index (χ4n) is 2.43. The second kappa shape index (κ2) is 5.49. The fraction of sp³-hybridized carbons (Fsp3) is 0.385. The van der Waals surface area contributed by atoms with E-state index < -0.39 is 28.9 Å². The van der Waals surface area contributed by atoms with Gasteiger partial charge in [0.25, 0.3) is 11.6 Å². The summed E-state index contributed by atoms with van der Waals surface area (Å²) in [6.45, 7) is 1.48. The molecular weight excluding hydrogens is 280 g/mol. The summed E-state index contributed by atoms with van der Waals surface area (Å²) in [5.74, 6) is -1.73. The Balaban J connectivity index is 2.31. The zero-order chi connectivity index (χ0) is 15.7. The minimum Gasteiger partial charge on any atom is -0.480 e. The molecule has 2 N–H and O–H groups in total. The number of nitrogens with zero attached hydrogens (tertiary/aromatic N) is 2. The lowest BCUT2D eigenvalue weighted by molar-refractivity contribution is -0.384. The molecule has 2 rings (SSSR count). The number of β-amino-alcohol motifs (C(OH)–C–C–N with tert-alkyl or cyclic N) is 1. The molecule has 1 amide bonds. The highest BCUT2D eigenvalue weighted by molar-refractivity contribution is 5.98. The van der Waals surface area contributed by atoms with E-state index in [4.69, 9.17) is 5.11 Å². The van der Waals surface area contributed by atoms with Gasteiger partial charge in [0, 0.05) is 30.7 Å². The molecule has 21 heavy (non-hydrogen) atoms. The molecule has 1 aliphatic rings. The van der Waals surface area contributed by atoms with Gasteiger partial charge < -0.3 is 15.1 Å². The molecule has 0 bridgehead atoms. The van der Waals surface area contributed by atoms with Gasteiger partial charge in [-0.3, -0.25) is 14.9 Å². The summed E-state index contributed by atoms with van der Waals surface area (Å²) in [5.41, 5.74) is 0.445. The van der Waals surface area contributed by atoms with E-state index in [1.165, 1.54) is 18.2 Å². The van der Waals surface area contributed by atoms with Crippen molar-refractivity contribution in [2.75, 3.05) is 6.54 Å². The van der Waals surface area contributed by atoms with E-state index in [1.807, 2.05) is 0 Å². The maximum absolute atomic E-state index is 12.4. The van der Waals surface area contributed by atoms with Gasteiger partial charge in [0.1, 0.15) is 6.04 Å². The Morgan fingerprint density at radius 2 is 2.10 bits per heavy atom. The molecule has 0 spiro atoms. The molecule has 8 nitrogen and oxygen atoms in total. The molecule has 1 aromatic rings. The van der Waals surface area contributed by atoms with Crippen LogP contribution in [0.25, 0.3) is 0 Å². The van der Waals surface area contributed by atoms with Crippen LogP contribution >= 0.6 is 0 Å². The molecular formula is C13H14N2O6. The molecule has 1 fully saturated rings. The summed E-state index contributed by atoms with van der Waals surface area (Å²) in [5, 5.41) is 29.3. The predicted octanol–water partition coefficient (Wildman–Crippen LogP) is 0.563. The number of benzene rings is 1. The van der Waals surface area contributed by atoms with Crippen LogP contribution in [-0.2, 0) is 4.79 Å². The third-order valence-electron chi connectivity index (χ3n) is 3.48. The van der Waals surface area contributed by atoms with E-state index in [0.717, 1.165) is 4.90 Å². The minimum absolute atomic E-state index is 0.0207. The maximum atomic E-state index is 12.4. The number of aliphatic hydroxyl groups is 1. The Kier molecular flexibility index (Phi) is 3.90. The lowest BCUT2D eigenvalue weighted by atomic mass is 10.1. The number of carboxylic acid groups (broad SMARTS) is 1. The first kappa shape index (κ1) is 14.9. The summed E-state index contributed by atoms with van der Waals surface area (Å²) in [4.78, 5) is 34.7. The number of likely N-dealkylation sites (tertiary alicyclic amines) is 1. The number of rotatable bonds is 3. The minimum atomic E-state index is -1.18. The van der Waals surface area contributed by atoms with Crippen LogP contribution in [0, 0.1) is 17.0 Å². The number of carboxylic acids is 1. The van der Waals surface area contributed by atoms with Crippen LogP contribution < -0.4 is 0 Å². The highest BCUT2D eigenvalue weighted by Gasteiger charge is 2.39. The quantitative estimate of drug-likeness (QED) is 0.620.